The Morgan fingerprint density at radius 3 is 2.70 bits per heavy atom. The minimum Gasteiger partial charge on any atom is -0.345 e. The van der Waals surface area contributed by atoms with Crippen LogP contribution in [-0.2, 0) is 10.8 Å². The maximum Gasteiger partial charge on any atom is 0.340 e. The summed E-state index contributed by atoms with van der Waals surface area (Å²) in [4.78, 5) is 27.1. The molecule has 1 aliphatic heterocycles. The SMILES string of the molecule is Cc1nc(-c2cnn(C(C)(F)F)c2)ccc1[C@H]1C(C2CC2)C(=O)N1c1ccc2[nH]cnc2c1. The fourth-order valence-electron chi connectivity index (χ4n) is 4.83. The van der Waals surface area contributed by atoms with Gasteiger partial charge < -0.3 is 9.88 Å². The molecule has 0 radical (unpaired) electrons. The number of hydrogen-bond acceptors (Lipinski definition) is 4. The lowest BCUT2D eigenvalue weighted by Gasteiger charge is -2.48. The van der Waals surface area contributed by atoms with Gasteiger partial charge in [0.25, 0.3) is 0 Å². The van der Waals surface area contributed by atoms with Crippen LogP contribution in [0.2, 0.25) is 0 Å². The number of benzene rings is 1. The molecule has 1 aromatic carbocycles. The number of hydrogen-bond donors (Lipinski definition) is 1. The number of halogens is 2. The number of nitrogens with one attached hydrogen (secondary N) is 1. The minimum atomic E-state index is -3.08. The molecule has 1 saturated heterocycles. The predicted molar refractivity (Wildman–Crippen MR) is 119 cm³/mol. The van der Waals surface area contributed by atoms with Crippen molar-refractivity contribution >= 4 is 22.6 Å². The molecule has 1 unspecified atom stereocenters. The topological polar surface area (TPSA) is 79.7 Å². The molecular weight excluding hydrogens is 426 g/mol. The molecule has 2 fully saturated rings. The normalized spacial score (nSPS) is 21.0. The number of rotatable bonds is 5. The van der Waals surface area contributed by atoms with Gasteiger partial charge >= 0.3 is 6.05 Å². The van der Waals surface area contributed by atoms with E-state index in [9.17, 15) is 13.6 Å². The standard InChI is InChI=1S/C24H22F2N6O/c1-13-17(6-8-18(30-13)15-10-29-31(11-15)24(2,25)26)22-21(14-3-4-14)23(33)32(22)16-5-7-19-20(9-16)28-12-27-19/h5-12,14,21-22H,3-4H2,1-2H3,(H,27,28)/t21?,22-/m0/s1. The highest BCUT2D eigenvalue weighted by Gasteiger charge is 2.55. The van der Waals surface area contributed by atoms with Crippen LogP contribution in [0, 0.1) is 18.8 Å². The Morgan fingerprint density at radius 1 is 1.18 bits per heavy atom. The molecule has 33 heavy (non-hydrogen) atoms. The van der Waals surface area contributed by atoms with Crippen molar-refractivity contribution in [3.63, 3.8) is 0 Å². The van der Waals surface area contributed by atoms with Crippen molar-refractivity contribution in [2.45, 2.75) is 38.8 Å². The molecule has 1 saturated carbocycles. The maximum absolute atomic E-state index is 13.6. The third kappa shape index (κ3) is 3.21. The van der Waals surface area contributed by atoms with Gasteiger partial charge in [-0.15, -0.1) is 0 Å². The highest BCUT2D eigenvalue weighted by molar-refractivity contribution is 6.04. The quantitative estimate of drug-likeness (QED) is 0.444. The summed E-state index contributed by atoms with van der Waals surface area (Å²) in [7, 11) is 0. The van der Waals surface area contributed by atoms with Gasteiger partial charge in [-0.25, -0.2) is 9.67 Å². The van der Waals surface area contributed by atoms with E-state index < -0.39 is 6.05 Å². The number of carbonyl (C=O) groups excluding carboxylic acids is 1. The van der Waals surface area contributed by atoms with E-state index >= 15 is 0 Å². The van der Waals surface area contributed by atoms with Gasteiger partial charge in [0, 0.05) is 30.1 Å². The predicted octanol–water partition coefficient (Wildman–Crippen LogP) is 4.81. The molecule has 2 atom stereocenters. The number of nitrogens with zero attached hydrogens (tertiary/aromatic N) is 5. The third-order valence-electron chi connectivity index (χ3n) is 6.68. The molecule has 4 heterocycles. The van der Waals surface area contributed by atoms with Crippen LogP contribution < -0.4 is 4.90 Å². The first-order chi connectivity index (χ1) is 15.8. The van der Waals surface area contributed by atoms with Crippen LogP contribution in [0.1, 0.15) is 37.1 Å². The smallest absolute Gasteiger partial charge is 0.340 e. The number of β-lactam (4-membered cyclic amide) rings is 1. The molecule has 168 valence electrons. The number of carbonyl (C=O) groups is 1. The van der Waals surface area contributed by atoms with Crippen LogP contribution >= 0.6 is 0 Å². The van der Waals surface area contributed by atoms with E-state index in [2.05, 4.69) is 15.1 Å². The van der Waals surface area contributed by atoms with Crippen molar-refractivity contribution in [2.75, 3.05) is 4.90 Å². The van der Waals surface area contributed by atoms with Crippen LogP contribution in [0.25, 0.3) is 22.3 Å². The number of aromatic amines is 1. The molecule has 1 N–H and O–H groups in total. The van der Waals surface area contributed by atoms with Gasteiger partial charge in [-0.2, -0.15) is 13.9 Å². The third-order valence-corrected chi connectivity index (χ3v) is 6.68. The Balaban J connectivity index is 1.37. The fraction of sp³-hybridized carbons (Fsp3) is 0.333. The number of pyridine rings is 1. The minimum absolute atomic E-state index is 0.0623. The van der Waals surface area contributed by atoms with Crippen molar-refractivity contribution in [1.29, 1.82) is 0 Å². The highest BCUT2D eigenvalue weighted by atomic mass is 19.3. The zero-order valence-electron chi connectivity index (χ0n) is 18.2. The summed E-state index contributed by atoms with van der Waals surface area (Å²) in [5.41, 5.74) is 5.39. The van der Waals surface area contributed by atoms with Crippen molar-refractivity contribution in [1.82, 2.24) is 24.7 Å². The number of fused-ring (bicyclic) bond motifs is 1. The van der Waals surface area contributed by atoms with Gasteiger partial charge in [0.05, 0.1) is 41.2 Å². The molecule has 0 spiro atoms. The van der Waals surface area contributed by atoms with Crippen molar-refractivity contribution in [2.24, 2.45) is 11.8 Å². The van der Waals surface area contributed by atoms with E-state index in [1.165, 1.54) is 12.4 Å². The Hall–Kier alpha value is -3.62. The molecule has 6 rings (SSSR count). The van der Waals surface area contributed by atoms with Gasteiger partial charge in [0.15, 0.2) is 0 Å². The average molecular weight is 448 g/mol. The van der Waals surface area contributed by atoms with Crippen LogP contribution in [0.3, 0.4) is 0 Å². The van der Waals surface area contributed by atoms with Gasteiger partial charge in [0.1, 0.15) is 0 Å². The lowest BCUT2D eigenvalue weighted by molar-refractivity contribution is -0.131. The summed E-state index contributed by atoms with van der Waals surface area (Å²) in [5.74, 6) is 0.469. The molecule has 2 aliphatic rings. The Kier molecular flexibility index (Phi) is 4.21. The zero-order chi connectivity index (χ0) is 22.9. The lowest BCUT2D eigenvalue weighted by Crippen LogP contribution is -2.56. The number of H-pyrrole nitrogens is 1. The monoisotopic (exact) mass is 448 g/mol. The molecular formula is C24H22F2N6O. The first kappa shape index (κ1) is 20.0. The number of anilines is 1. The molecule has 4 aromatic rings. The average Bonchev–Trinajstić information content (AvgIpc) is 3.25. The summed E-state index contributed by atoms with van der Waals surface area (Å²) >= 11 is 0. The van der Waals surface area contributed by atoms with Crippen LogP contribution in [-0.4, -0.2) is 30.6 Å². The van der Waals surface area contributed by atoms with Crippen LogP contribution in [0.15, 0.2) is 49.1 Å². The molecule has 7 nitrogen and oxygen atoms in total. The fourth-order valence-corrected chi connectivity index (χ4v) is 4.83. The van der Waals surface area contributed by atoms with E-state index in [0.29, 0.717) is 21.9 Å². The Morgan fingerprint density at radius 2 is 2.00 bits per heavy atom. The number of imidazole rings is 1. The van der Waals surface area contributed by atoms with Gasteiger partial charge in [-0.1, -0.05) is 6.07 Å². The highest BCUT2D eigenvalue weighted by Crippen LogP contribution is 2.54. The second kappa shape index (κ2) is 6.94. The van der Waals surface area contributed by atoms with Gasteiger partial charge in [-0.3, -0.25) is 9.78 Å². The first-order valence-electron chi connectivity index (χ1n) is 11.0. The van der Waals surface area contributed by atoms with Gasteiger partial charge in [-0.05, 0) is 55.5 Å². The number of aromatic nitrogens is 5. The van der Waals surface area contributed by atoms with Gasteiger partial charge in [0.2, 0.25) is 5.91 Å². The summed E-state index contributed by atoms with van der Waals surface area (Å²) < 4.78 is 27.8. The van der Waals surface area contributed by atoms with Crippen molar-refractivity contribution < 1.29 is 13.6 Å². The largest absolute Gasteiger partial charge is 0.345 e. The number of alkyl halides is 2. The molecule has 1 amide bonds. The lowest BCUT2D eigenvalue weighted by atomic mass is 9.78. The molecule has 1 aliphatic carbocycles. The van der Waals surface area contributed by atoms with Crippen molar-refractivity contribution in [3.8, 4) is 11.3 Å². The van der Waals surface area contributed by atoms with Crippen LogP contribution in [0.5, 0.6) is 0 Å². The van der Waals surface area contributed by atoms with Crippen molar-refractivity contribution in [3.05, 3.63) is 60.3 Å². The van der Waals surface area contributed by atoms with E-state index in [4.69, 9.17) is 4.98 Å². The molecule has 9 heteroatoms. The van der Waals surface area contributed by atoms with E-state index in [1.54, 1.807) is 6.33 Å². The first-order valence-corrected chi connectivity index (χ1v) is 11.0. The van der Waals surface area contributed by atoms with Crippen LogP contribution in [0.4, 0.5) is 14.5 Å². The molecule has 0 bridgehead atoms. The number of amides is 1. The Bertz CT molecular complexity index is 1380. The summed E-state index contributed by atoms with van der Waals surface area (Å²) in [5, 5.41) is 3.77. The molecule has 3 aromatic heterocycles. The maximum atomic E-state index is 13.6. The second-order valence-corrected chi connectivity index (χ2v) is 9.01. The summed E-state index contributed by atoms with van der Waals surface area (Å²) in [6.07, 6.45) is 6.46. The number of aryl methyl sites for hydroxylation is 1. The second-order valence-electron chi connectivity index (χ2n) is 9.01. The Labute approximate surface area is 188 Å². The van der Waals surface area contributed by atoms with E-state index in [-0.39, 0.29) is 17.9 Å². The van der Waals surface area contributed by atoms with E-state index in [1.807, 2.05) is 42.2 Å². The van der Waals surface area contributed by atoms with E-state index in [0.717, 1.165) is 47.7 Å². The summed E-state index contributed by atoms with van der Waals surface area (Å²) in [6, 6.07) is 6.40. The summed E-state index contributed by atoms with van der Waals surface area (Å²) in [6.45, 7) is 2.70. The zero-order valence-corrected chi connectivity index (χ0v) is 18.2.